The second-order valence-corrected chi connectivity index (χ2v) is 10.5. The Balaban J connectivity index is 1.44. The van der Waals surface area contributed by atoms with E-state index in [2.05, 4.69) is 39.0 Å². The van der Waals surface area contributed by atoms with Crippen LogP contribution in [0.15, 0.2) is 30.7 Å². The monoisotopic (exact) mass is 495 g/mol. The molecule has 3 N–H and O–H groups in total. The Morgan fingerprint density at radius 2 is 1.89 bits per heavy atom. The average molecular weight is 496 g/mol. The lowest BCUT2D eigenvalue weighted by molar-refractivity contribution is -0.00860. The fourth-order valence-electron chi connectivity index (χ4n) is 5.08. The molecule has 0 radical (unpaired) electrons. The van der Waals surface area contributed by atoms with Crippen molar-refractivity contribution in [1.82, 2.24) is 19.9 Å². The summed E-state index contributed by atoms with van der Waals surface area (Å²) in [7, 11) is 0. The summed E-state index contributed by atoms with van der Waals surface area (Å²) in [5.74, 6) is 2.70. The van der Waals surface area contributed by atoms with Crippen molar-refractivity contribution in [3.8, 4) is 0 Å². The van der Waals surface area contributed by atoms with Crippen molar-refractivity contribution in [2.24, 2.45) is 0 Å². The minimum Gasteiger partial charge on any atom is -0.391 e. The number of aromatic nitrogens is 4. The second kappa shape index (κ2) is 9.40. The Bertz CT molecular complexity index is 1250. The highest BCUT2D eigenvalue weighted by atomic mass is 19.1. The summed E-state index contributed by atoms with van der Waals surface area (Å²) in [5.41, 5.74) is -0.599. The first-order chi connectivity index (χ1) is 17.1. The van der Waals surface area contributed by atoms with Crippen LogP contribution in [0.1, 0.15) is 52.0 Å². The summed E-state index contributed by atoms with van der Waals surface area (Å²) in [4.78, 5) is 22.2. The van der Waals surface area contributed by atoms with Gasteiger partial charge in [-0.15, -0.1) is 0 Å². The molecule has 0 spiro atoms. The summed E-state index contributed by atoms with van der Waals surface area (Å²) in [6.07, 6.45) is 5.22. The molecule has 0 amide bonds. The summed E-state index contributed by atoms with van der Waals surface area (Å²) in [6.45, 7) is 8.86. The first-order valence-corrected chi connectivity index (χ1v) is 12.6. The molecule has 3 aromatic heterocycles. The minimum absolute atomic E-state index is 0.0311. The van der Waals surface area contributed by atoms with Gasteiger partial charge in [0.1, 0.15) is 17.5 Å². The zero-order valence-corrected chi connectivity index (χ0v) is 21.2. The molecule has 0 aromatic carbocycles. The number of fused-ring (bicyclic) bond motifs is 1. The summed E-state index contributed by atoms with van der Waals surface area (Å²) < 4.78 is 14.7. The van der Waals surface area contributed by atoms with Crippen LogP contribution in [0.2, 0.25) is 0 Å². The van der Waals surface area contributed by atoms with Gasteiger partial charge in [0.05, 0.1) is 24.8 Å². The molecule has 2 saturated heterocycles. The van der Waals surface area contributed by atoms with Crippen molar-refractivity contribution < 1.29 is 14.6 Å². The Labute approximate surface area is 210 Å². The van der Waals surface area contributed by atoms with Gasteiger partial charge in [0.25, 0.3) is 0 Å². The maximum absolute atomic E-state index is 14.7. The molecule has 5 heterocycles. The smallest absolute Gasteiger partial charge is 0.227 e. The number of hydrogen-bond acceptors (Lipinski definition) is 9. The van der Waals surface area contributed by atoms with E-state index < -0.39 is 17.9 Å². The van der Waals surface area contributed by atoms with E-state index in [4.69, 9.17) is 4.98 Å². The van der Waals surface area contributed by atoms with Gasteiger partial charge < -0.3 is 25.3 Å². The van der Waals surface area contributed by atoms with Crippen molar-refractivity contribution in [1.29, 1.82) is 0 Å². The molecule has 0 aliphatic carbocycles. The molecule has 2 fully saturated rings. The number of anilines is 4. The van der Waals surface area contributed by atoms with Crippen LogP contribution in [0, 0.1) is 0 Å². The number of nitrogens with zero attached hydrogens (tertiary/aromatic N) is 6. The molecule has 4 atom stereocenters. The number of hydrogen-bond donors (Lipinski definition) is 3. The quantitative estimate of drug-likeness (QED) is 0.473. The van der Waals surface area contributed by atoms with Crippen molar-refractivity contribution in [3.05, 3.63) is 36.3 Å². The van der Waals surface area contributed by atoms with E-state index in [1.54, 1.807) is 17.2 Å². The molecule has 10 heteroatoms. The molecule has 0 bridgehead atoms. The van der Waals surface area contributed by atoms with Crippen molar-refractivity contribution in [2.45, 2.75) is 70.4 Å². The van der Waals surface area contributed by atoms with E-state index in [0.717, 1.165) is 35.1 Å². The van der Waals surface area contributed by atoms with Gasteiger partial charge in [-0.1, -0.05) is 13.8 Å². The van der Waals surface area contributed by atoms with E-state index in [1.807, 2.05) is 25.4 Å². The SMILES string of the molecule is CC(C)c1cnc(N2CC[C@H]2[C@@H](C)O)c2cnc(Nc3ccnc(N4CC[C@@H](O)[C@@](C)(F)C4)n3)cc12. The van der Waals surface area contributed by atoms with Gasteiger partial charge in [0, 0.05) is 37.1 Å². The van der Waals surface area contributed by atoms with Crippen LogP contribution < -0.4 is 15.1 Å². The topological polar surface area (TPSA) is 111 Å². The molecule has 3 aromatic rings. The molecule has 192 valence electrons. The summed E-state index contributed by atoms with van der Waals surface area (Å²) in [6, 6.07) is 3.81. The van der Waals surface area contributed by atoms with E-state index in [1.165, 1.54) is 6.92 Å². The molecular weight excluding hydrogens is 461 g/mol. The van der Waals surface area contributed by atoms with Crippen LogP contribution in [0.3, 0.4) is 0 Å². The van der Waals surface area contributed by atoms with Crippen LogP contribution >= 0.6 is 0 Å². The maximum atomic E-state index is 14.7. The summed E-state index contributed by atoms with van der Waals surface area (Å²) in [5, 5.41) is 25.3. The standard InChI is InChI=1S/C26H34FN7O2/c1-15(2)18-12-30-24(34-10-6-20(34)16(3)35)19-13-29-23(11-17(18)19)31-22-5-8-28-25(32-22)33-9-7-21(36)26(4,27)14-33/h5,8,11-13,15-16,20-21,35-36H,6-7,9-10,14H2,1-4H3,(H,28,29,31,32)/t16-,20+,21-,26+/m1/s1. The van der Waals surface area contributed by atoms with E-state index in [-0.39, 0.29) is 18.5 Å². The molecule has 0 saturated carbocycles. The fourth-order valence-corrected chi connectivity index (χ4v) is 5.08. The normalized spacial score (nSPS) is 25.2. The van der Waals surface area contributed by atoms with Crippen molar-refractivity contribution in [3.63, 3.8) is 0 Å². The van der Waals surface area contributed by atoms with Gasteiger partial charge in [0.15, 0.2) is 5.67 Å². The first kappa shape index (κ1) is 24.6. The van der Waals surface area contributed by atoms with Crippen LogP contribution in [0.5, 0.6) is 0 Å². The highest BCUT2D eigenvalue weighted by Crippen LogP contribution is 2.36. The van der Waals surface area contributed by atoms with Gasteiger partial charge in [-0.25, -0.2) is 19.3 Å². The van der Waals surface area contributed by atoms with Crippen LogP contribution in [0.4, 0.5) is 27.8 Å². The van der Waals surface area contributed by atoms with Crippen LogP contribution in [0.25, 0.3) is 10.8 Å². The third kappa shape index (κ3) is 4.55. The Kier molecular flexibility index (Phi) is 6.42. The lowest BCUT2D eigenvalue weighted by atomic mass is 9.94. The summed E-state index contributed by atoms with van der Waals surface area (Å²) >= 11 is 0. The van der Waals surface area contributed by atoms with E-state index >= 15 is 0 Å². The minimum atomic E-state index is -1.72. The van der Waals surface area contributed by atoms with E-state index in [0.29, 0.717) is 30.5 Å². The Hall–Kier alpha value is -3.11. The first-order valence-electron chi connectivity index (χ1n) is 12.6. The maximum Gasteiger partial charge on any atom is 0.227 e. The number of piperidine rings is 1. The molecule has 0 unspecified atom stereocenters. The number of pyridine rings is 2. The number of halogens is 1. The molecule has 2 aliphatic heterocycles. The molecule has 5 rings (SSSR count). The van der Waals surface area contributed by atoms with Gasteiger partial charge in [-0.05, 0) is 55.7 Å². The number of aliphatic hydroxyl groups is 2. The van der Waals surface area contributed by atoms with Crippen molar-refractivity contribution in [2.75, 3.05) is 34.8 Å². The zero-order chi connectivity index (χ0) is 25.6. The molecular formula is C26H34FN7O2. The lowest BCUT2D eigenvalue weighted by Crippen LogP contribution is -2.54. The van der Waals surface area contributed by atoms with E-state index in [9.17, 15) is 14.6 Å². The highest BCUT2D eigenvalue weighted by molar-refractivity contribution is 5.96. The molecule has 36 heavy (non-hydrogen) atoms. The van der Waals surface area contributed by atoms with Crippen LogP contribution in [-0.2, 0) is 0 Å². The lowest BCUT2D eigenvalue weighted by Gasteiger charge is -2.44. The largest absolute Gasteiger partial charge is 0.391 e. The fraction of sp³-hybridized carbons (Fsp3) is 0.538. The van der Waals surface area contributed by atoms with Crippen molar-refractivity contribution >= 4 is 34.2 Å². The highest BCUT2D eigenvalue weighted by Gasteiger charge is 2.40. The predicted molar refractivity (Wildman–Crippen MR) is 139 cm³/mol. The second-order valence-electron chi connectivity index (χ2n) is 10.5. The Morgan fingerprint density at radius 1 is 1.08 bits per heavy atom. The molecule has 9 nitrogen and oxygen atoms in total. The van der Waals surface area contributed by atoms with Gasteiger partial charge >= 0.3 is 0 Å². The van der Waals surface area contributed by atoms with Gasteiger partial charge in [0.2, 0.25) is 5.95 Å². The molecule has 2 aliphatic rings. The Morgan fingerprint density at radius 3 is 2.56 bits per heavy atom. The van der Waals surface area contributed by atoms with Gasteiger partial charge in [-0.3, -0.25) is 0 Å². The van der Waals surface area contributed by atoms with Gasteiger partial charge in [-0.2, -0.15) is 4.98 Å². The number of rotatable bonds is 6. The number of aliphatic hydroxyl groups excluding tert-OH is 2. The zero-order valence-electron chi connectivity index (χ0n) is 21.2. The predicted octanol–water partition coefficient (Wildman–Crippen LogP) is 3.55. The number of alkyl halides is 1. The third-order valence-electron chi connectivity index (χ3n) is 7.35. The van der Waals surface area contributed by atoms with Crippen LogP contribution in [-0.4, -0.2) is 73.7 Å². The average Bonchev–Trinajstić information content (AvgIpc) is 2.79. The third-order valence-corrected chi connectivity index (χ3v) is 7.35. The number of nitrogens with one attached hydrogen (secondary N) is 1.